The zero-order chi connectivity index (χ0) is 10.6. The van der Waals surface area contributed by atoms with Crippen molar-refractivity contribution < 1.29 is 0 Å². The molecule has 0 fully saturated rings. The SMILES string of the molecule is CCc1[c]nc(CC(C)C)nc1CC. The van der Waals surface area contributed by atoms with E-state index in [1.54, 1.807) is 0 Å². The second-order valence-electron chi connectivity index (χ2n) is 3.98. The minimum absolute atomic E-state index is 0.612. The molecular weight excluding hydrogens is 172 g/mol. The molecule has 14 heavy (non-hydrogen) atoms. The molecule has 0 aliphatic carbocycles. The third kappa shape index (κ3) is 2.79. The van der Waals surface area contributed by atoms with Crippen LogP contribution in [0.25, 0.3) is 0 Å². The maximum absolute atomic E-state index is 4.56. The van der Waals surface area contributed by atoms with Gasteiger partial charge in [-0.3, -0.25) is 0 Å². The molecule has 1 radical (unpaired) electrons. The third-order valence-electron chi connectivity index (χ3n) is 2.21. The largest absolute Gasteiger partial charge is 0.238 e. The van der Waals surface area contributed by atoms with Gasteiger partial charge in [-0.2, -0.15) is 0 Å². The van der Waals surface area contributed by atoms with Gasteiger partial charge < -0.3 is 0 Å². The van der Waals surface area contributed by atoms with Gasteiger partial charge in [-0.05, 0) is 18.8 Å². The van der Waals surface area contributed by atoms with Crippen molar-refractivity contribution in [1.82, 2.24) is 9.97 Å². The van der Waals surface area contributed by atoms with Gasteiger partial charge in [0.1, 0.15) is 5.82 Å². The Morgan fingerprint density at radius 2 is 1.93 bits per heavy atom. The average molecular weight is 191 g/mol. The van der Waals surface area contributed by atoms with Crippen LogP contribution in [0.5, 0.6) is 0 Å². The zero-order valence-electron chi connectivity index (χ0n) is 9.59. The lowest BCUT2D eigenvalue weighted by Crippen LogP contribution is -2.06. The monoisotopic (exact) mass is 191 g/mol. The van der Waals surface area contributed by atoms with E-state index in [4.69, 9.17) is 0 Å². The number of aromatic nitrogens is 2. The first-order valence-corrected chi connectivity index (χ1v) is 5.43. The molecular formula is C12H19N2. The van der Waals surface area contributed by atoms with Crippen LogP contribution in [-0.4, -0.2) is 9.97 Å². The summed E-state index contributed by atoms with van der Waals surface area (Å²) >= 11 is 0. The van der Waals surface area contributed by atoms with E-state index in [-0.39, 0.29) is 0 Å². The maximum atomic E-state index is 4.56. The quantitative estimate of drug-likeness (QED) is 0.731. The lowest BCUT2D eigenvalue weighted by molar-refractivity contribution is 0.615. The van der Waals surface area contributed by atoms with Crippen LogP contribution in [0.15, 0.2) is 0 Å². The predicted octanol–water partition coefficient (Wildman–Crippen LogP) is 2.60. The Morgan fingerprint density at radius 1 is 1.21 bits per heavy atom. The zero-order valence-corrected chi connectivity index (χ0v) is 9.59. The fourth-order valence-electron chi connectivity index (χ4n) is 1.48. The van der Waals surface area contributed by atoms with Gasteiger partial charge in [0.05, 0.1) is 6.20 Å². The van der Waals surface area contributed by atoms with E-state index in [1.807, 2.05) is 0 Å². The summed E-state index contributed by atoms with van der Waals surface area (Å²) in [5.74, 6) is 1.55. The number of rotatable bonds is 4. The number of nitrogens with zero attached hydrogens (tertiary/aromatic N) is 2. The standard InChI is InChI=1S/C12H19N2/c1-5-10-8-13-12(7-9(3)4)14-11(10)6-2/h9H,5-7H2,1-4H3. The van der Waals surface area contributed by atoms with E-state index in [0.717, 1.165) is 30.8 Å². The summed E-state index contributed by atoms with van der Waals surface area (Å²) in [5, 5.41) is 0. The van der Waals surface area contributed by atoms with Crippen molar-refractivity contribution >= 4 is 0 Å². The van der Waals surface area contributed by atoms with Crippen LogP contribution in [0, 0.1) is 12.1 Å². The molecule has 0 atom stereocenters. The van der Waals surface area contributed by atoms with Gasteiger partial charge in [0.15, 0.2) is 0 Å². The summed E-state index contributed by atoms with van der Waals surface area (Å²) in [6, 6.07) is 0. The van der Waals surface area contributed by atoms with Crippen LogP contribution < -0.4 is 0 Å². The minimum atomic E-state index is 0.612. The Morgan fingerprint density at radius 3 is 2.43 bits per heavy atom. The van der Waals surface area contributed by atoms with Crippen LogP contribution in [0.1, 0.15) is 44.8 Å². The van der Waals surface area contributed by atoms with Crippen LogP contribution in [0.3, 0.4) is 0 Å². The smallest absolute Gasteiger partial charge is 0.129 e. The molecule has 0 amide bonds. The molecule has 0 aliphatic rings. The molecule has 77 valence electrons. The molecule has 0 bridgehead atoms. The van der Waals surface area contributed by atoms with Gasteiger partial charge in [-0.15, -0.1) is 0 Å². The van der Waals surface area contributed by atoms with Gasteiger partial charge in [0.2, 0.25) is 0 Å². The average Bonchev–Trinajstić information content (AvgIpc) is 2.16. The molecule has 1 rings (SSSR count). The Balaban J connectivity index is 2.89. The van der Waals surface area contributed by atoms with Crippen molar-refractivity contribution in [2.75, 3.05) is 0 Å². The highest BCUT2D eigenvalue weighted by Crippen LogP contribution is 2.09. The van der Waals surface area contributed by atoms with Crippen molar-refractivity contribution in [1.29, 1.82) is 0 Å². The van der Waals surface area contributed by atoms with Crippen molar-refractivity contribution in [2.24, 2.45) is 5.92 Å². The van der Waals surface area contributed by atoms with Crippen LogP contribution in [-0.2, 0) is 19.3 Å². The van der Waals surface area contributed by atoms with Gasteiger partial charge in [-0.25, -0.2) is 9.97 Å². The Labute approximate surface area is 86.8 Å². The van der Waals surface area contributed by atoms with E-state index < -0.39 is 0 Å². The highest BCUT2D eigenvalue weighted by atomic mass is 14.9. The summed E-state index contributed by atoms with van der Waals surface area (Å²) < 4.78 is 0. The van der Waals surface area contributed by atoms with Gasteiger partial charge >= 0.3 is 0 Å². The predicted molar refractivity (Wildman–Crippen MR) is 58.2 cm³/mol. The van der Waals surface area contributed by atoms with E-state index in [0.29, 0.717) is 5.92 Å². The Kier molecular flexibility index (Phi) is 4.05. The highest BCUT2D eigenvalue weighted by molar-refractivity contribution is 5.16. The normalized spacial score (nSPS) is 10.9. The summed E-state index contributed by atoms with van der Waals surface area (Å²) in [6.45, 7) is 8.62. The second-order valence-corrected chi connectivity index (χ2v) is 3.98. The molecule has 0 saturated carbocycles. The molecule has 1 aromatic rings. The molecule has 2 heteroatoms. The summed E-state index contributed by atoms with van der Waals surface area (Å²) in [5.41, 5.74) is 2.33. The van der Waals surface area contributed by atoms with E-state index in [1.165, 1.54) is 5.56 Å². The van der Waals surface area contributed by atoms with Gasteiger partial charge in [-0.1, -0.05) is 27.7 Å². The van der Waals surface area contributed by atoms with Gasteiger partial charge in [0, 0.05) is 17.7 Å². The topological polar surface area (TPSA) is 25.8 Å². The molecule has 0 spiro atoms. The molecule has 2 nitrogen and oxygen atoms in total. The summed E-state index contributed by atoms with van der Waals surface area (Å²) in [7, 11) is 0. The molecule has 1 heterocycles. The Bertz CT molecular complexity index is 292. The fourth-order valence-corrected chi connectivity index (χ4v) is 1.48. The van der Waals surface area contributed by atoms with Crippen molar-refractivity contribution in [3.05, 3.63) is 23.3 Å². The lowest BCUT2D eigenvalue weighted by atomic mass is 10.1. The fraction of sp³-hybridized carbons (Fsp3) is 0.667. The first-order valence-electron chi connectivity index (χ1n) is 5.43. The van der Waals surface area contributed by atoms with E-state index in [2.05, 4.69) is 43.9 Å². The van der Waals surface area contributed by atoms with Crippen molar-refractivity contribution in [3.8, 4) is 0 Å². The first kappa shape index (κ1) is 11.2. The summed E-state index contributed by atoms with van der Waals surface area (Å²) in [4.78, 5) is 8.82. The molecule has 1 aromatic heterocycles. The van der Waals surface area contributed by atoms with E-state index >= 15 is 0 Å². The first-order chi connectivity index (χ1) is 6.67. The number of aryl methyl sites for hydroxylation is 2. The highest BCUT2D eigenvalue weighted by Gasteiger charge is 2.06. The lowest BCUT2D eigenvalue weighted by Gasteiger charge is -2.07. The van der Waals surface area contributed by atoms with Crippen LogP contribution in [0.2, 0.25) is 0 Å². The molecule has 0 saturated heterocycles. The van der Waals surface area contributed by atoms with Gasteiger partial charge in [0.25, 0.3) is 0 Å². The van der Waals surface area contributed by atoms with E-state index in [9.17, 15) is 0 Å². The summed E-state index contributed by atoms with van der Waals surface area (Å²) in [6.07, 6.45) is 6.01. The molecule has 0 aliphatic heterocycles. The minimum Gasteiger partial charge on any atom is -0.238 e. The van der Waals surface area contributed by atoms with Crippen molar-refractivity contribution in [3.63, 3.8) is 0 Å². The van der Waals surface area contributed by atoms with Crippen LogP contribution in [0.4, 0.5) is 0 Å². The molecule has 0 N–H and O–H groups in total. The maximum Gasteiger partial charge on any atom is 0.129 e. The Hall–Kier alpha value is -0.920. The van der Waals surface area contributed by atoms with Crippen LogP contribution >= 0.6 is 0 Å². The third-order valence-corrected chi connectivity index (χ3v) is 2.21. The number of hydrogen-bond acceptors (Lipinski definition) is 2. The molecule has 0 aromatic carbocycles. The molecule has 0 unspecified atom stereocenters. The second kappa shape index (κ2) is 5.08. The number of hydrogen-bond donors (Lipinski definition) is 0. The van der Waals surface area contributed by atoms with Crippen molar-refractivity contribution in [2.45, 2.75) is 47.0 Å².